The lowest BCUT2D eigenvalue weighted by atomic mass is 10.0. The first kappa shape index (κ1) is 25.1. The number of nitrogens with zero attached hydrogens (tertiary/aromatic N) is 2. The number of thiazole rings is 1. The van der Waals surface area contributed by atoms with E-state index < -0.39 is 0 Å². The first-order valence-electron chi connectivity index (χ1n) is 12.6. The Hall–Kier alpha value is -2.05. The molecular weight excluding hydrogens is 460 g/mol. The van der Waals surface area contributed by atoms with Gasteiger partial charge in [0.2, 0.25) is 0 Å². The first-order chi connectivity index (χ1) is 16.4. The lowest BCUT2D eigenvalue weighted by Gasteiger charge is -2.20. The van der Waals surface area contributed by atoms with E-state index in [1.54, 1.807) is 11.8 Å². The summed E-state index contributed by atoms with van der Waals surface area (Å²) in [5.74, 6) is 0.0612. The van der Waals surface area contributed by atoms with Crippen molar-refractivity contribution >= 4 is 39.5 Å². The minimum absolute atomic E-state index is 0.00514. The third-order valence-corrected chi connectivity index (χ3v) is 9.67. The van der Waals surface area contributed by atoms with Crippen molar-refractivity contribution in [1.29, 1.82) is 0 Å². The number of carbonyl (C=O) groups is 1. The van der Waals surface area contributed by atoms with Crippen LogP contribution in [0.25, 0.3) is 10.6 Å². The van der Waals surface area contributed by atoms with Gasteiger partial charge in [0.05, 0.1) is 0 Å². The molecule has 0 spiro atoms. The van der Waals surface area contributed by atoms with E-state index >= 15 is 0 Å². The van der Waals surface area contributed by atoms with Gasteiger partial charge in [-0.2, -0.15) is 0 Å². The number of Topliss-reactive ketones (excluding diaryl/α,β-unsaturated/α-hetero) is 1. The number of rotatable bonds is 8. The van der Waals surface area contributed by atoms with Crippen LogP contribution in [-0.4, -0.2) is 21.8 Å². The highest BCUT2D eigenvalue weighted by molar-refractivity contribution is 8.11. The minimum Gasteiger partial charge on any atom is -0.338 e. The Balaban J connectivity index is 1.77. The molecule has 2 heterocycles. The zero-order valence-corrected chi connectivity index (χ0v) is 22.7. The summed E-state index contributed by atoms with van der Waals surface area (Å²) < 4.78 is 3.41. The van der Waals surface area contributed by atoms with Crippen molar-refractivity contribution in [2.45, 2.75) is 85.6 Å². The van der Waals surface area contributed by atoms with Crippen molar-refractivity contribution in [3.63, 3.8) is 0 Å². The summed E-state index contributed by atoms with van der Waals surface area (Å²) in [4.78, 5) is 30.6. The first-order valence-corrected chi connectivity index (χ1v) is 14.3. The number of hydrogen-bond acceptors (Lipinski definition) is 5. The van der Waals surface area contributed by atoms with Gasteiger partial charge in [0.1, 0.15) is 14.2 Å². The van der Waals surface area contributed by atoms with Crippen LogP contribution in [0.4, 0.5) is 0 Å². The number of allylic oxidation sites excluding steroid dienone is 2. The maximum atomic E-state index is 13.6. The van der Waals surface area contributed by atoms with E-state index in [1.165, 1.54) is 54.0 Å². The highest BCUT2D eigenvalue weighted by atomic mass is 32.2. The van der Waals surface area contributed by atoms with Gasteiger partial charge in [-0.15, -0.1) is 11.3 Å². The number of unbranched alkanes of at least 4 members (excludes halogenated alkanes) is 5. The van der Waals surface area contributed by atoms with E-state index in [0.29, 0.717) is 6.54 Å². The third-order valence-electron chi connectivity index (χ3n) is 7.12. The van der Waals surface area contributed by atoms with Gasteiger partial charge in [0, 0.05) is 40.7 Å². The van der Waals surface area contributed by atoms with Crippen molar-refractivity contribution in [2.75, 3.05) is 6.54 Å². The monoisotopic (exact) mass is 496 g/mol. The zero-order valence-electron chi connectivity index (χ0n) is 21.1. The third kappa shape index (κ3) is 4.47. The molecule has 1 aromatic carbocycles. The number of carbonyl (C=O) groups excluding carboxylic acids is 1. The van der Waals surface area contributed by atoms with Crippen molar-refractivity contribution in [2.24, 2.45) is 0 Å². The lowest BCUT2D eigenvalue weighted by Crippen LogP contribution is -2.34. The molecule has 0 radical (unpaired) electrons. The summed E-state index contributed by atoms with van der Waals surface area (Å²) >= 11 is 3.22. The Bertz CT molecular complexity index is 1300. The number of ketones is 1. The molecule has 1 atom stereocenters. The number of fused-ring (bicyclic) bond motifs is 1. The van der Waals surface area contributed by atoms with E-state index in [-0.39, 0.29) is 17.3 Å². The fraction of sp³-hybridized carbons (Fsp3) is 0.500. The molecule has 182 valence electrons. The van der Waals surface area contributed by atoms with Gasteiger partial charge in [-0.1, -0.05) is 82.0 Å². The van der Waals surface area contributed by atoms with Gasteiger partial charge < -0.3 is 4.90 Å². The largest absolute Gasteiger partial charge is 0.338 e. The van der Waals surface area contributed by atoms with Crippen LogP contribution in [0, 0.1) is 0 Å². The standard InChI is InChI=1S/C28H36N2O2S2/c1-6-8-9-10-11-14-17-30-19(4)20(5)33-28(30)25-26(32)29(7-2)27(34-25)23-18(3)21-15-12-13-16-22(21)24(23)31/h12-13,15-16,18H,6-11,14,17H2,1-5H3/b27-23-,28-25+. The fourth-order valence-electron chi connectivity index (χ4n) is 5.00. The van der Waals surface area contributed by atoms with Crippen molar-refractivity contribution in [3.05, 3.63) is 65.5 Å². The van der Waals surface area contributed by atoms with Gasteiger partial charge in [-0.05, 0) is 32.8 Å². The Morgan fingerprint density at radius 2 is 1.68 bits per heavy atom. The Kier molecular flexibility index (Phi) is 7.88. The van der Waals surface area contributed by atoms with Crippen LogP contribution in [0.1, 0.15) is 95.0 Å². The second-order valence-corrected chi connectivity index (χ2v) is 11.5. The van der Waals surface area contributed by atoms with E-state index in [1.807, 2.05) is 35.8 Å². The predicted octanol–water partition coefficient (Wildman–Crippen LogP) is 5.81. The lowest BCUT2D eigenvalue weighted by molar-refractivity contribution is 0.105. The van der Waals surface area contributed by atoms with Gasteiger partial charge in [0.25, 0.3) is 5.56 Å². The van der Waals surface area contributed by atoms with Crippen LogP contribution in [0.5, 0.6) is 0 Å². The summed E-state index contributed by atoms with van der Waals surface area (Å²) in [6.07, 6.45) is 7.49. The van der Waals surface area contributed by atoms with Crippen LogP contribution < -0.4 is 14.8 Å². The van der Waals surface area contributed by atoms with Crippen LogP contribution in [0.2, 0.25) is 0 Å². The Labute approximate surface area is 211 Å². The molecule has 0 saturated carbocycles. The van der Waals surface area contributed by atoms with E-state index in [2.05, 4.69) is 32.6 Å². The topological polar surface area (TPSA) is 42.3 Å². The van der Waals surface area contributed by atoms with E-state index in [4.69, 9.17) is 0 Å². The maximum absolute atomic E-state index is 13.6. The molecule has 2 aromatic rings. The van der Waals surface area contributed by atoms with Crippen LogP contribution in [0.15, 0.2) is 39.7 Å². The molecule has 0 fully saturated rings. The zero-order chi connectivity index (χ0) is 24.4. The number of hydrogen-bond donors (Lipinski definition) is 0. The highest BCUT2D eigenvalue weighted by Crippen LogP contribution is 2.41. The Morgan fingerprint density at radius 1 is 0.971 bits per heavy atom. The molecule has 4 nitrogen and oxygen atoms in total. The molecule has 0 N–H and O–H groups in total. The molecule has 1 aliphatic carbocycles. The normalized spacial score (nSPS) is 21.1. The van der Waals surface area contributed by atoms with Gasteiger partial charge >= 0.3 is 0 Å². The molecule has 1 unspecified atom stereocenters. The summed E-state index contributed by atoms with van der Waals surface area (Å²) in [5, 5.41) is 1.04. The average Bonchev–Trinajstić information content (AvgIpc) is 3.40. The minimum atomic E-state index is -0.00514. The molecule has 4 rings (SSSR count). The summed E-state index contributed by atoms with van der Waals surface area (Å²) in [7, 11) is 0. The summed E-state index contributed by atoms with van der Waals surface area (Å²) in [5.41, 5.74) is 3.88. The quantitative estimate of drug-likeness (QED) is 0.433. The fourth-order valence-corrected chi connectivity index (χ4v) is 7.60. The second-order valence-electron chi connectivity index (χ2n) is 9.31. The van der Waals surface area contributed by atoms with Crippen molar-refractivity contribution in [3.8, 4) is 0 Å². The number of thioether (sulfide) groups is 1. The van der Waals surface area contributed by atoms with Gasteiger partial charge in [-0.3, -0.25) is 14.2 Å². The van der Waals surface area contributed by atoms with E-state index in [0.717, 1.165) is 43.9 Å². The number of benzene rings is 1. The molecular formula is C28H36N2O2S2. The van der Waals surface area contributed by atoms with Crippen molar-refractivity contribution < 1.29 is 4.79 Å². The van der Waals surface area contributed by atoms with Crippen LogP contribution in [-0.2, 0) is 6.54 Å². The second kappa shape index (κ2) is 10.7. The van der Waals surface area contributed by atoms with Gasteiger partial charge in [0.15, 0.2) is 5.78 Å². The van der Waals surface area contributed by atoms with Crippen LogP contribution in [0.3, 0.4) is 0 Å². The molecule has 0 bridgehead atoms. The Morgan fingerprint density at radius 3 is 2.38 bits per heavy atom. The highest BCUT2D eigenvalue weighted by Gasteiger charge is 2.34. The summed E-state index contributed by atoms with van der Waals surface area (Å²) in [6.45, 7) is 12.1. The molecule has 0 saturated heterocycles. The molecule has 6 heteroatoms. The molecule has 1 aliphatic heterocycles. The van der Waals surface area contributed by atoms with Crippen LogP contribution >= 0.6 is 23.1 Å². The smallest absolute Gasteiger partial charge is 0.271 e. The number of aromatic nitrogens is 1. The average molecular weight is 497 g/mol. The molecule has 0 amide bonds. The maximum Gasteiger partial charge on any atom is 0.271 e. The SMILES string of the molecule is CCCCCCCCN1C(C)=C(C)S/C1=c1/s/c(=C2\C(=O)c3ccccc3C2C)n(CC)c1=O. The van der Waals surface area contributed by atoms with Crippen molar-refractivity contribution in [1.82, 2.24) is 9.47 Å². The summed E-state index contributed by atoms with van der Waals surface area (Å²) in [6, 6.07) is 7.85. The molecule has 34 heavy (non-hydrogen) atoms. The van der Waals surface area contributed by atoms with Gasteiger partial charge in [-0.25, -0.2) is 0 Å². The van der Waals surface area contributed by atoms with E-state index in [9.17, 15) is 9.59 Å². The predicted molar refractivity (Wildman–Crippen MR) is 146 cm³/mol. The molecule has 2 aliphatic rings. The molecule has 1 aromatic heterocycles.